The molecule has 0 aliphatic heterocycles. The van der Waals surface area contributed by atoms with E-state index in [1.807, 2.05) is 0 Å². The molecule has 2 unspecified atom stereocenters. The van der Waals surface area contributed by atoms with Gasteiger partial charge in [-0.3, -0.25) is 0 Å². The van der Waals surface area contributed by atoms with Crippen molar-refractivity contribution in [3.05, 3.63) is 0 Å². The Morgan fingerprint density at radius 1 is 0.516 bits per heavy atom. The Labute approximate surface area is 187 Å². The summed E-state index contributed by atoms with van der Waals surface area (Å²) in [5.41, 5.74) is 0. The first-order chi connectivity index (χ1) is 13.6. The molecule has 0 fully saturated rings. The van der Waals surface area contributed by atoms with Crippen molar-refractivity contribution in [3.8, 4) is 0 Å². The summed E-state index contributed by atoms with van der Waals surface area (Å²) in [5.74, 6) is -4.07. The molecule has 0 aromatic heterocycles. The number of aliphatic carboxylic acids is 2. The predicted molar refractivity (Wildman–Crippen MR) is 84.3 cm³/mol. The van der Waals surface area contributed by atoms with Crippen LogP contribution in [0.3, 0.4) is 0 Å². The third kappa shape index (κ3) is 11.5. The number of aliphatic hydroxyl groups excluding tert-OH is 12. The number of hydrogen-bond donors (Lipinski definition) is 12. The molecule has 180 valence electrons. The third-order valence-electron chi connectivity index (χ3n) is 3.69. The van der Waals surface area contributed by atoms with Gasteiger partial charge >= 0.3 is 19.5 Å². The standard InChI is InChI=1S/2C7H14O8.Zn/c2*8-1-2(9)3(10)4(11)5(12)6(13)7(14)15;/h2*2-6,8-13H,1H2,(H,14,15);/q;;+2/p-2/t2*2?,3-,4-,5+,6-;/m11./s1. The Hall–Kier alpha value is -0.917. The maximum absolute atomic E-state index is 10.1. The number of carboxylic acids is 2. The van der Waals surface area contributed by atoms with Gasteiger partial charge in [0.25, 0.3) is 0 Å². The summed E-state index contributed by atoms with van der Waals surface area (Å²) >= 11 is 0. The molecule has 0 rings (SSSR count). The fourth-order valence-electron chi connectivity index (χ4n) is 1.73. The normalized spacial score (nSPS) is 20.8. The van der Waals surface area contributed by atoms with E-state index in [-0.39, 0.29) is 19.5 Å². The zero-order valence-electron chi connectivity index (χ0n) is 15.9. The van der Waals surface area contributed by atoms with E-state index in [1.165, 1.54) is 0 Å². The van der Waals surface area contributed by atoms with Crippen molar-refractivity contribution >= 4 is 11.9 Å². The van der Waals surface area contributed by atoms with Crippen LogP contribution in [0.2, 0.25) is 0 Å². The molecule has 0 bridgehead atoms. The quantitative estimate of drug-likeness (QED) is 0.107. The topological polar surface area (TPSA) is 323 Å². The molecule has 12 N–H and O–H groups in total. The molecule has 0 saturated heterocycles. The van der Waals surface area contributed by atoms with Crippen LogP contribution in [0.25, 0.3) is 0 Å². The smallest absolute Gasteiger partial charge is 0.547 e. The molecule has 0 saturated carbocycles. The minimum absolute atomic E-state index is 0. The molecule has 17 heteroatoms. The van der Waals surface area contributed by atoms with Gasteiger partial charge in [-0.1, -0.05) is 0 Å². The van der Waals surface area contributed by atoms with Crippen molar-refractivity contribution in [2.75, 3.05) is 13.2 Å². The number of rotatable bonds is 12. The molecule has 0 amide bonds. The Morgan fingerprint density at radius 2 is 0.742 bits per heavy atom. The molecule has 0 aromatic carbocycles. The molecule has 0 aliphatic rings. The maximum Gasteiger partial charge on any atom is 2.00 e. The van der Waals surface area contributed by atoms with Crippen LogP contribution < -0.4 is 10.2 Å². The van der Waals surface area contributed by atoms with Gasteiger partial charge < -0.3 is 81.1 Å². The van der Waals surface area contributed by atoms with E-state index in [0.29, 0.717) is 0 Å². The van der Waals surface area contributed by atoms with Crippen molar-refractivity contribution in [2.24, 2.45) is 0 Å². The van der Waals surface area contributed by atoms with Gasteiger partial charge in [-0.05, 0) is 0 Å². The van der Waals surface area contributed by atoms with Crippen LogP contribution in [-0.4, -0.2) is 147 Å². The first-order valence-electron chi connectivity index (χ1n) is 8.09. The van der Waals surface area contributed by atoms with E-state index in [0.717, 1.165) is 0 Å². The summed E-state index contributed by atoms with van der Waals surface area (Å²) in [6, 6.07) is 0. The van der Waals surface area contributed by atoms with Gasteiger partial charge in [-0.2, -0.15) is 0 Å². The van der Waals surface area contributed by atoms with Crippen molar-refractivity contribution in [2.45, 2.75) is 61.0 Å². The molecule has 0 heterocycles. The summed E-state index contributed by atoms with van der Waals surface area (Å²) in [6.45, 7) is -1.79. The first kappa shape index (κ1) is 34.7. The second kappa shape index (κ2) is 16.7. The van der Waals surface area contributed by atoms with Gasteiger partial charge in [0.05, 0.1) is 25.2 Å². The molecule has 31 heavy (non-hydrogen) atoms. The van der Waals surface area contributed by atoms with Gasteiger partial charge in [-0.15, -0.1) is 0 Å². The molecule has 16 nitrogen and oxygen atoms in total. The summed E-state index contributed by atoms with van der Waals surface area (Å²) < 4.78 is 0. The van der Waals surface area contributed by atoms with Crippen LogP contribution in [0.1, 0.15) is 0 Å². The van der Waals surface area contributed by atoms with Crippen molar-refractivity contribution in [3.63, 3.8) is 0 Å². The fourth-order valence-corrected chi connectivity index (χ4v) is 1.73. The number of carbonyl (C=O) groups excluding carboxylic acids is 2. The van der Waals surface area contributed by atoms with Crippen LogP contribution in [0, 0.1) is 0 Å². The molecular formula is C14H26O16Zn. The third-order valence-corrected chi connectivity index (χ3v) is 3.69. The Bertz CT molecular complexity index is 465. The molecular weight excluding hydrogens is 490 g/mol. The zero-order valence-corrected chi connectivity index (χ0v) is 18.9. The van der Waals surface area contributed by atoms with E-state index in [4.69, 9.17) is 61.3 Å². The Balaban J connectivity index is -0.000000490. The number of aliphatic hydroxyl groups is 12. The first-order valence-corrected chi connectivity index (χ1v) is 8.09. The molecule has 0 spiro atoms. The van der Waals surface area contributed by atoms with Crippen LogP contribution in [-0.2, 0) is 29.1 Å². The Morgan fingerprint density at radius 3 is 0.903 bits per heavy atom. The second-order valence-corrected chi connectivity index (χ2v) is 5.97. The summed E-state index contributed by atoms with van der Waals surface area (Å²) in [7, 11) is 0. The van der Waals surface area contributed by atoms with Crippen LogP contribution in [0.5, 0.6) is 0 Å². The molecule has 0 radical (unpaired) electrons. The minimum Gasteiger partial charge on any atom is -0.547 e. The van der Waals surface area contributed by atoms with Crippen molar-refractivity contribution < 1.29 is 101 Å². The molecule has 0 aliphatic carbocycles. The average molecular weight is 516 g/mol. The summed E-state index contributed by atoms with van der Waals surface area (Å²) in [4.78, 5) is 20.2. The van der Waals surface area contributed by atoms with E-state index >= 15 is 0 Å². The van der Waals surface area contributed by atoms with Gasteiger partial charge in [-0.25, -0.2) is 0 Å². The fraction of sp³-hybridized carbons (Fsp3) is 0.857. The van der Waals surface area contributed by atoms with Gasteiger partial charge in [0.1, 0.15) is 61.0 Å². The van der Waals surface area contributed by atoms with Crippen LogP contribution >= 0.6 is 0 Å². The Kier molecular flexibility index (Phi) is 18.7. The SMILES string of the molecule is O=C([O-])[C@H](O)[C@@H](O)[C@H](O)[C@H](O)C(O)CO.O=C([O-])[C@H](O)[C@@H](O)[C@H](O)[C@H](O)C(O)CO.[Zn+2]. The number of hydrogen-bond acceptors (Lipinski definition) is 16. The molecule has 10 atom stereocenters. The number of carboxylic acid groups (broad SMARTS) is 2. The maximum atomic E-state index is 10.1. The van der Waals surface area contributed by atoms with E-state index < -0.39 is 86.2 Å². The van der Waals surface area contributed by atoms with Crippen LogP contribution in [0.4, 0.5) is 0 Å². The second-order valence-electron chi connectivity index (χ2n) is 5.97. The summed E-state index contributed by atoms with van der Waals surface area (Å²) in [5, 5.41) is 126. The van der Waals surface area contributed by atoms with Crippen molar-refractivity contribution in [1.82, 2.24) is 0 Å². The van der Waals surface area contributed by atoms with E-state index in [1.54, 1.807) is 0 Å². The van der Waals surface area contributed by atoms with Gasteiger partial charge in [0.2, 0.25) is 0 Å². The van der Waals surface area contributed by atoms with Crippen molar-refractivity contribution in [1.29, 1.82) is 0 Å². The number of carbonyl (C=O) groups is 2. The zero-order chi connectivity index (χ0) is 24.3. The van der Waals surface area contributed by atoms with Gasteiger partial charge in [0, 0.05) is 0 Å². The van der Waals surface area contributed by atoms with Crippen LogP contribution in [0.15, 0.2) is 0 Å². The predicted octanol–water partition coefficient (Wildman–Crippen LogP) is -10.9. The van der Waals surface area contributed by atoms with E-state index in [9.17, 15) is 19.8 Å². The largest absolute Gasteiger partial charge is 2.00 e. The summed E-state index contributed by atoms with van der Waals surface area (Å²) in [6.07, 6.45) is -21.0. The average Bonchev–Trinajstić information content (AvgIpc) is 2.73. The molecule has 0 aromatic rings. The minimum atomic E-state index is -2.40. The van der Waals surface area contributed by atoms with Gasteiger partial charge in [0.15, 0.2) is 0 Å². The monoisotopic (exact) mass is 514 g/mol. The van der Waals surface area contributed by atoms with E-state index in [2.05, 4.69) is 0 Å².